The minimum atomic E-state index is 0.132. The van der Waals surface area contributed by atoms with E-state index in [0.717, 1.165) is 38.8 Å². The van der Waals surface area contributed by atoms with Gasteiger partial charge in [0.1, 0.15) is 0 Å². The van der Waals surface area contributed by atoms with E-state index in [-0.39, 0.29) is 17.9 Å². The van der Waals surface area contributed by atoms with E-state index in [4.69, 9.17) is 5.73 Å². The molecule has 0 spiro atoms. The van der Waals surface area contributed by atoms with Crippen molar-refractivity contribution in [2.75, 3.05) is 13.6 Å². The van der Waals surface area contributed by atoms with Crippen LogP contribution in [0.2, 0.25) is 0 Å². The summed E-state index contributed by atoms with van der Waals surface area (Å²) in [5.74, 6) is 0.318. The van der Waals surface area contributed by atoms with Crippen LogP contribution in [0.1, 0.15) is 38.2 Å². The van der Waals surface area contributed by atoms with Gasteiger partial charge in [0.05, 0.1) is 0 Å². The summed E-state index contributed by atoms with van der Waals surface area (Å²) in [5.41, 5.74) is 7.19. The van der Waals surface area contributed by atoms with Crippen molar-refractivity contribution in [1.29, 1.82) is 0 Å². The lowest BCUT2D eigenvalue weighted by Crippen LogP contribution is -2.35. The molecule has 4 nitrogen and oxygen atoms in total. The third kappa shape index (κ3) is 5.11. The summed E-state index contributed by atoms with van der Waals surface area (Å²) in [5, 5.41) is 3.07. The molecule has 0 radical (unpaired) electrons. The van der Waals surface area contributed by atoms with Crippen LogP contribution in [-0.4, -0.2) is 36.5 Å². The Morgan fingerprint density at radius 3 is 2.73 bits per heavy atom. The fraction of sp³-hybridized carbons (Fsp3) is 0.611. The summed E-state index contributed by atoms with van der Waals surface area (Å²) in [6.45, 7) is 3.89. The summed E-state index contributed by atoms with van der Waals surface area (Å²) in [6, 6.07) is 11.1. The molecule has 0 saturated heterocycles. The maximum absolute atomic E-state index is 12.1. The second-order valence-corrected chi connectivity index (χ2v) is 6.60. The van der Waals surface area contributed by atoms with E-state index in [2.05, 4.69) is 48.5 Å². The monoisotopic (exact) mass is 303 g/mol. The SMILES string of the molecule is CC(CCNC(=O)C1CCC(N)C1)N(C)Cc1ccccc1. The standard InChI is InChI=1S/C18H29N3O/c1-14(21(2)13-15-6-4-3-5-7-15)10-11-20-18(22)16-8-9-17(19)12-16/h3-7,14,16-17H,8-13,19H2,1-2H3,(H,20,22). The summed E-state index contributed by atoms with van der Waals surface area (Å²) in [6.07, 6.45) is 3.73. The number of carbonyl (C=O) groups excluding carboxylic acids is 1. The maximum Gasteiger partial charge on any atom is 0.223 e. The van der Waals surface area contributed by atoms with Crippen molar-refractivity contribution in [3.8, 4) is 0 Å². The fourth-order valence-corrected chi connectivity index (χ4v) is 3.05. The van der Waals surface area contributed by atoms with Gasteiger partial charge in [0, 0.05) is 31.1 Å². The lowest BCUT2D eigenvalue weighted by molar-refractivity contribution is -0.124. The highest BCUT2D eigenvalue weighted by Gasteiger charge is 2.27. The number of hydrogen-bond donors (Lipinski definition) is 2. The Hall–Kier alpha value is -1.39. The van der Waals surface area contributed by atoms with Crippen molar-refractivity contribution in [2.45, 2.75) is 51.2 Å². The summed E-state index contributed by atoms with van der Waals surface area (Å²) < 4.78 is 0. The molecule has 1 amide bonds. The van der Waals surface area contributed by atoms with E-state index in [1.54, 1.807) is 0 Å². The number of nitrogens with zero attached hydrogens (tertiary/aromatic N) is 1. The van der Waals surface area contributed by atoms with E-state index < -0.39 is 0 Å². The first-order valence-corrected chi connectivity index (χ1v) is 8.33. The first kappa shape index (κ1) is 17.0. The van der Waals surface area contributed by atoms with E-state index >= 15 is 0 Å². The third-order valence-corrected chi connectivity index (χ3v) is 4.73. The lowest BCUT2D eigenvalue weighted by Gasteiger charge is -2.25. The van der Waals surface area contributed by atoms with Gasteiger partial charge in [-0.15, -0.1) is 0 Å². The van der Waals surface area contributed by atoms with E-state index in [9.17, 15) is 4.79 Å². The molecule has 1 saturated carbocycles. The molecule has 1 aromatic carbocycles. The van der Waals surface area contributed by atoms with Crippen LogP contribution in [0.5, 0.6) is 0 Å². The topological polar surface area (TPSA) is 58.4 Å². The first-order valence-electron chi connectivity index (χ1n) is 8.33. The number of amides is 1. The highest BCUT2D eigenvalue weighted by atomic mass is 16.1. The summed E-state index contributed by atoms with van der Waals surface area (Å²) in [4.78, 5) is 14.4. The van der Waals surface area contributed by atoms with Gasteiger partial charge in [0.15, 0.2) is 0 Å². The largest absolute Gasteiger partial charge is 0.356 e. The van der Waals surface area contributed by atoms with Gasteiger partial charge in [-0.1, -0.05) is 30.3 Å². The Balaban J connectivity index is 1.66. The van der Waals surface area contributed by atoms with Crippen molar-refractivity contribution in [1.82, 2.24) is 10.2 Å². The number of nitrogens with two attached hydrogens (primary N) is 1. The molecule has 0 bridgehead atoms. The van der Waals surface area contributed by atoms with Gasteiger partial charge in [-0.25, -0.2) is 0 Å². The van der Waals surface area contributed by atoms with E-state index in [0.29, 0.717) is 6.04 Å². The number of rotatable bonds is 7. The Morgan fingerprint density at radius 1 is 1.36 bits per heavy atom. The van der Waals surface area contributed by atoms with Crippen molar-refractivity contribution < 1.29 is 4.79 Å². The Labute approximate surface area is 134 Å². The van der Waals surface area contributed by atoms with Gasteiger partial charge in [-0.2, -0.15) is 0 Å². The Morgan fingerprint density at radius 2 is 2.09 bits per heavy atom. The predicted molar refractivity (Wildman–Crippen MR) is 90.3 cm³/mol. The second kappa shape index (κ2) is 8.30. The third-order valence-electron chi connectivity index (χ3n) is 4.73. The number of carbonyl (C=O) groups is 1. The molecule has 2 rings (SSSR count). The van der Waals surface area contributed by atoms with Crippen molar-refractivity contribution in [3.05, 3.63) is 35.9 Å². The fourth-order valence-electron chi connectivity index (χ4n) is 3.05. The molecule has 22 heavy (non-hydrogen) atoms. The van der Waals surface area contributed by atoms with Crippen LogP contribution in [-0.2, 0) is 11.3 Å². The molecule has 122 valence electrons. The van der Waals surface area contributed by atoms with Gasteiger partial charge >= 0.3 is 0 Å². The number of nitrogens with one attached hydrogen (secondary N) is 1. The number of benzene rings is 1. The molecule has 3 unspecified atom stereocenters. The van der Waals surface area contributed by atoms with Crippen LogP contribution in [0.25, 0.3) is 0 Å². The van der Waals surface area contributed by atoms with E-state index in [1.165, 1.54) is 5.56 Å². The smallest absolute Gasteiger partial charge is 0.223 e. The molecule has 1 aliphatic carbocycles. The van der Waals surface area contributed by atoms with Crippen LogP contribution >= 0.6 is 0 Å². The normalized spacial score (nSPS) is 22.7. The van der Waals surface area contributed by atoms with E-state index in [1.807, 2.05) is 6.07 Å². The molecule has 1 aliphatic rings. The Kier molecular flexibility index (Phi) is 6.40. The molecular weight excluding hydrogens is 274 g/mol. The second-order valence-electron chi connectivity index (χ2n) is 6.60. The highest BCUT2D eigenvalue weighted by Crippen LogP contribution is 2.24. The van der Waals surface area contributed by atoms with Crippen molar-refractivity contribution in [3.63, 3.8) is 0 Å². The van der Waals surface area contributed by atoms with Crippen LogP contribution in [0, 0.1) is 5.92 Å². The van der Waals surface area contributed by atoms with Gasteiger partial charge in [-0.3, -0.25) is 9.69 Å². The van der Waals surface area contributed by atoms with Crippen molar-refractivity contribution in [2.24, 2.45) is 11.7 Å². The minimum Gasteiger partial charge on any atom is -0.356 e. The molecule has 3 atom stereocenters. The molecule has 1 fully saturated rings. The Bertz CT molecular complexity index is 463. The van der Waals surface area contributed by atoms with Gasteiger partial charge in [-0.05, 0) is 45.2 Å². The zero-order valence-corrected chi connectivity index (χ0v) is 13.8. The van der Waals surface area contributed by atoms with Gasteiger partial charge < -0.3 is 11.1 Å². The quantitative estimate of drug-likeness (QED) is 0.811. The maximum atomic E-state index is 12.1. The molecule has 0 aliphatic heterocycles. The van der Waals surface area contributed by atoms with Crippen LogP contribution in [0.15, 0.2) is 30.3 Å². The highest BCUT2D eigenvalue weighted by molar-refractivity contribution is 5.78. The summed E-state index contributed by atoms with van der Waals surface area (Å²) >= 11 is 0. The van der Waals surface area contributed by atoms with Crippen LogP contribution < -0.4 is 11.1 Å². The first-order chi connectivity index (χ1) is 10.6. The molecule has 1 aromatic rings. The van der Waals surface area contributed by atoms with Crippen LogP contribution in [0.3, 0.4) is 0 Å². The minimum absolute atomic E-state index is 0.132. The van der Waals surface area contributed by atoms with Crippen LogP contribution in [0.4, 0.5) is 0 Å². The molecule has 3 N–H and O–H groups in total. The van der Waals surface area contributed by atoms with Gasteiger partial charge in [0.2, 0.25) is 5.91 Å². The molecule has 0 heterocycles. The van der Waals surface area contributed by atoms with Gasteiger partial charge in [0.25, 0.3) is 0 Å². The average molecular weight is 303 g/mol. The molecular formula is C18H29N3O. The molecule has 4 heteroatoms. The lowest BCUT2D eigenvalue weighted by atomic mass is 10.1. The predicted octanol–water partition coefficient (Wildman–Crippen LogP) is 2.14. The molecule has 0 aromatic heterocycles. The number of hydrogen-bond acceptors (Lipinski definition) is 3. The summed E-state index contributed by atoms with van der Waals surface area (Å²) in [7, 11) is 2.13. The zero-order chi connectivity index (χ0) is 15.9. The average Bonchev–Trinajstić information content (AvgIpc) is 2.94. The van der Waals surface area contributed by atoms with Crippen molar-refractivity contribution >= 4 is 5.91 Å². The zero-order valence-electron chi connectivity index (χ0n) is 13.8.